The van der Waals surface area contributed by atoms with Gasteiger partial charge in [0.25, 0.3) is 0 Å². The maximum atomic E-state index is 12.2. The number of amides is 1. The molecule has 0 unspecified atom stereocenters. The molecule has 6 heteroatoms. The molecule has 134 valence electrons. The van der Waals surface area contributed by atoms with E-state index < -0.39 is 24.0 Å². The summed E-state index contributed by atoms with van der Waals surface area (Å²) < 4.78 is 5.46. The van der Waals surface area contributed by atoms with E-state index in [0.29, 0.717) is 13.1 Å². The number of carboxylic acid groups (broad SMARTS) is 1. The van der Waals surface area contributed by atoms with Crippen molar-refractivity contribution in [2.24, 2.45) is 5.92 Å². The summed E-state index contributed by atoms with van der Waals surface area (Å²) in [7, 11) is 0. The molecule has 1 aliphatic carbocycles. The first-order valence-electron chi connectivity index (χ1n) is 8.70. The average molecular weight is 352 g/mol. The third-order valence-corrected chi connectivity index (χ3v) is 5.18. The van der Waals surface area contributed by atoms with Crippen LogP contribution in [0.25, 0.3) is 11.1 Å². The lowest BCUT2D eigenvalue weighted by Crippen LogP contribution is -2.43. The number of carbonyl (C=O) groups is 2. The van der Waals surface area contributed by atoms with E-state index in [2.05, 4.69) is 34.9 Å². The fourth-order valence-electron chi connectivity index (χ4n) is 3.88. The molecule has 0 aromatic heterocycles. The molecule has 2 atom stereocenters. The maximum absolute atomic E-state index is 12.2. The van der Waals surface area contributed by atoms with Gasteiger partial charge in [-0.05, 0) is 22.3 Å². The topological polar surface area (TPSA) is 87.7 Å². The van der Waals surface area contributed by atoms with Gasteiger partial charge in [0.15, 0.2) is 0 Å². The van der Waals surface area contributed by atoms with E-state index in [1.807, 2.05) is 24.3 Å². The number of aliphatic carboxylic acids is 1. The van der Waals surface area contributed by atoms with Gasteiger partial charge in [-0.15, -0.1) is 0 Å². The number of hydrogen-bond donors (Lipinski definition) is 3. The number of rotatable bonds is 4. The van der Waals surface area contributed by atoms with Crippen molar-refractivity contribution in [3.05, 3.63) is 59.7 Å². The monoisotopic (exact) mass is 352 g/mol. The molecule has 0 bridgehead atoms. The molecule has 2 aromatic carbocycles. The Bertz CT molecular complexity index is 806. The second-order valence-electron chi connectivity index (χ2n) is 6.68. The van der Waals surface area contributed by atoms with Crippen LogP contribution in [0.4, 0.5) is 4.79 Å². The van der Waals surface area contributed by atoms with Crippen molar-refractivity contribution in [3.63, 3.8) is 0 Å². The highest BCUT2D eigenvalue weighted by Crippen LogP contribution is 2.44. The van der Waals surface area contributed by atoms with Gasteiger partial charge in [0.1, 0.15) is 6.61 Å². The lowest BCUT2D eigenvalue weighted by Gasteiger charge is -2.18. The normalized spacial score (nSPS) is 21.1. The van der Waals surface area contributed by atoms with Gasteiger partial charge in [-0.25, -0.2) is 4.79 Å². The highest BCUT2D eigenvalue weighted by atomic mass is 16.5. The van der Waals surface area contributed by atoms with Gasteiger partial charge in [-0.1, -0.05) is 48.5 Å². The van der Waals surface area contributed by atoms with Crippen molar-refractivity contribution < 1.29 is 19.4 Å². The molecule has 0 radical (unpaired) electrons. The van der Waals surface area contributed by atoms with Gasteiger partial charge in [-0.3, -0.25) is 4.79 Å². The van der Waals surface area contributed by atoms with Gasteiger partial charge in [-0.2, -0.15) is 0 Å². The largest absolute Gasteiger partial charge is 0.481 e. The minimum atomic E-state index is -0.918. The molecule has 2 aliphatic rings. The molecule has 2 aromatic rings. The van der Waals surface area contributed by atoms with Crippen LogP contribution >= 0.6 is 0 Å². The smallest absolute Gasteiger partial charge is 0.407 e. The van der Waals surface area contributed by atoms with Crippen LogP contribution in [0.15, 0.2) is 48.5 Å². The van der Waals surface area contributed by atoms with E-state index in [4.69, 9.17) is 4.74 Å². The number of ether oxygens (including phenoxy) is 1. The molecule has 0 spiro atoms. The van der Waals surface area contributed by atoms with Gasteiger partial charge in [0, 0.05) is 19.0 Å². The predicted molar refractivity (Wildman–Crippen MR) is 96.0 cm³/mol. The van der Waals surface area contributed by atoms with E-state index >= 15 is 0 Å². The Kier molecular flexibility index (Phi) is 4.34. The third-order valence-electron chi connectivity index (χ3n) is 5.18. The Morgan fingerprint density at radius 1 is 1.04 bits per heavy atom. The highest BCUT2D eigenvalue weighted by molar-refractivity contribution is 5.79. The molecule has 0 saturated carbocycles. The van der Waals surface area contributed by atoms with Crippen LogP contribution in [0.2, 0.25) is 0 Å². The second-order valence-corrected chi connectivity index (χ2v) is 6.68. The minimum Gasteiger partial charge on any atom is -0.481 e. The summed E-state index contributed by atoms with van der Waals surface area (Å²) in [5.74, 6) is -1.56. The van der Waals surface area contributed by atoms with Crippen LogP contribution in [-0.2, 0) is 9.53 Å². The average Bonchev–Trinajstić information content (AvgIpc) is 3.23. The summed E-state index contributed by atoms with van der Waals surface area (Å²) in [5.41, 5.74) is 4.63. The van der Waals surface area contributed by atoms with Gasteiger partial charge in [0.2, 0.25) is 0 Å². The van der Waals surface area contributed by atoms with Crippen LogP contribution in [0.3, 0.4) is 0 Å². The van der Waals surface area contributed by atoms with Gasteiger partial charge < -0.3 is 20.5 Å². The molecule has 3 N–H and O–H groups in total. The Balaban J connectivity index is 1.45. The molecular weight excluding hydrogens is 332 g/mol. The van der Waals surface area contributed by atoms with E-state index in [9.17, 15) is 14.7 Å². The predicted octanol–water partition coefficient (Wildman–Crippen LogP) is 2.20. The third kappa shape index (κ3) is 2.93. The summed E-state index contributed by atoms with van der Waals surface area (Å²) in [4.78, 5) is 23.4. The lowest BCUT2D eigenvalue weighted by atomic mass is 9.98. The van der Waals surface area contributed by atoms with E-state index in [1.165, 1.54) is 11.1 Å². The number of carbonyl (C=O) groups excluding carboxylic acids is 1. The van der Waals surface area contributed by atoms with Crippen LogP contribution in [0, 0.1) is 5.92 Å². The van der Waals surface area contributed by atoms with Gasteiger partial charge >= 0.3 is 12.1 Å². The molecule has 1 saturated heterocycles. The molecule has 26 heavy (non-hydrogen) atoms. The van der Waals surface area contributed by atoms with Gasteiger partial charge in [0.05, 0.1) is 12.0 Å². The number of carboxylic acids is 1. The van der Waals surface area contributed by atoms with Crippen LogP contribution in [0.5, 0.6) is 0 Å². The molecule has 1 heterocycles. The Hall–Kier alpha value is -2.86. The quantitative estimate of drug-likeness (QED) is 0.785. The Morgan fingerprint density at radius 3 is 2.27 bits per heavy atom. The minimum absolute atomic E-state index is 0.00914. The zero-order valence-electron chi connectivity index (χ0n) is 14.1. The molecule has 4 rings (SSSR count). The van der Waals surface area contributed by atoms with Crippen molar-refractivity contribution in [2.45, 2.75) is 12.0 Å². The summed E-state index contributed by atoms with van der Waals surface area (Å²) in [6.45, 7) is 1.00. The second kappa shape index (κ2) is 6.80. The van der Waals surface area contributed by atoms with E-state index in [1.54, 1.807) is 0 Å². The van der Waals surface area contributed by atoms with E-state index in [-0.39, 0.29) is 12.5 Å². The number of nitrogens with one attached hydrogen (secondary N) is 2. The first-order chi connectivity index (χ1) is 12.6. The lowest BCUT2D eigenvalue weighted by molar-refractivity contribution is -0.141. The fourth-order valence-corrected chi connectivity index (χ4v) is 3.88. The zero-order valence-corrected chi connectivity index (χ0v) is 14.1. The Labute approximate surface area is 151 Å². The summed E-state index contributed by atoms with van der Waals surface area (Å²) in [6, 6.07) is 15.8. The van der Waals surface area contributed by atoms with Crippen molar-refractivity contribution in [2.75, 3.05) is 19.7 Å². The number of alkyl carbamates (subject to hydrolysis) is 1. The molecule has 1 fully saturated rings. The first-order valence-corrected chi connectivity index (χ1v) is 8.70. The fraction of sp³-hybridized carbons (Fsp3) is 0.300. The zero-order chi connectivity index (χ0) is 18.1. The van der Waals surface area contributed by atoms with Crippen LogP contribution in [0.1, 0.15) is 17.0 Å². The van der Waals surface area contributed by atoms with Crippen LogP contribution in [-0.4, -0.2) is 42.9 Å². The van der Waals surface area contributed by atoms with E-state index in [0.717, 1.165) is 11.1 Å². The number of fused-ring (bicyclic) bond motifs is 3. The van der Waals surface area contributed by atoms with Crippen molar-refractivity contribution in [3.8, 4) is 11.1 Å². The highest BCUT2D eigenvalue weighted by Gasteiger charge is 2.35. The number of hydrogen-bond acceptors (Lipinski definition) is 4. The van der Waals surface area contributed by atoms with Crippen LogP contribution < -0.4 is 10.6 Å². The van der Waals surface area contributed by atoms with Crippen molar-refractivity contribution >= 4 is 12.1 Å². The summed E-state index contributed by atoms with van der Waals surface area (Å²) >= 11 is 0. The standard InChI is InChI=1S/C20H20N2O4/c23-19(24)16-9-21-10-18(16)22-20(25)26-11-17-14-7-3-1-5-12(14)13-6-2-4-8-15(13)17/h1-8,16-18,21H,9-11H2,(H,22,25)(H,23,24)/t16-,18-/m0/s1. The first kappa shape index (κ1) is 16.6. The Morgan fingerprint density at radius 2 is 1.65 bits per heavy atom. The van der Waals surface area contributed by atoms with Crippen molar-refractivity contribution in [1.82, 2.24) is 10.6 Å². The molecule has 1 aliphatic heterocycles. The summed E-state index contributed by atoms with van der Waals surface area (Å²) in [6.07, 6.45) is -0.577. The molecule has 6 nitrogen and oxygen atoms in total. The maximum Gasteiger partial charge on any atom is 0.407 e. The molecular formula is C20H20N2O4. The summed E-state index contributed by atoms with van der Waals surface area (Å²) in [5, 5.41) is 14.8. The van der Waals surface area contributed by atoms with Crippen molar-refractivity contribution in [1.29, 1.82) is 0 Å². The number of benzene rings is 2. The SMILES string of the molecule is O=C(N[C@H]1CNC[C@@H]1C(=O)O)OCC1c2ccccc2-c2ccccc21. The molecule has 1 amide bonds.